The van der Waals surface area contributed by atoms with Crippen molar-refractivity contribution < 1.29 is 9.53 Å². The van der Waals surface area contributed by atoms with Gasteiger partial charge < -0.3 is 10.1 Å². The maximum absolute atomic E-state index is 12.5. The van der Waals surface area contributed by atoms with Crippen LogP contribution in [0.15, 0.2) is 42.7 Å². The number of nitrogens with zero attached hydrogens (tertiary/aromatic N) is 4. The molecule has 28 heavy (non-hydrogen) atoms. The number of pyridine rings is 1. The molecule has 5 rings (SSSR count). The van der Waals surface area contributed by atoms with Crippen molar-refractivity contribution in [3.05, 3.63) is 59.5 Å². The fourth-order valence-corrected chi connectivity index (χ4v) is 4.63. The highest BCUT2D eigenvalue weighted by Gasteiger charge is 2.33. The van der Waals surface area contributed by atoms with E-state index in [0.717, 1.165) is 32.8 Å². The van der Waals surface area contributed by atoms with Crippen LogP contribution in [0.1, 0.15) is 29.2 Å². The molecule has 4 aromatic rings. The van der Waals surface area contributed by atoms with Crippen molar-refractivity contribution in [1.29, 1.82) is 0 Å². The summed E-state index contributed by atoms with van der Waals surface area (Å²) in [4.78, 5) is 21.3. The number of nitrogens with one attached hydrogen (secondary N) is 1. The Morgan fingerprint density at radius 3 is 2.86 bits per heavy atom. The Bertz CT molecular complexity index is 1200. The van der Waals surface area contributed by atoms with Crippen molar-refractivity contribution in [1.82, 2.24) is 19.7 Å². The fourth-order valence-electron chi connectivity index (χ4n) is 3.68. The van der Waals surface area contributed by atoms with Crippen molar-refractivity contribution in [2.75, 3.05) is 12.4 Å². The van der Waals surface area contributed by atoms with Gasteiger partial charge in [0.2, 0.25) is 11.0 Å². The van der Waals surface area contributed by atoms with Gasteiger partial charge in [0.05, 0.1) is 23.0 Å². The van der Waals surface area contributed by atoms with Crippen LogP contribution < -0.4 is 10.1 Å². The molecule has 0 spiro atoms. The topological polar surface area (TPSA) is 81.9 Å². The van der Waals surface area contributed by atoms with Crippen LogP contribution in [0.2, 0.25) is 0 Å². The Labute approximate surface area is 165 Å². The number of carbonyl (C=O) groups excluding carboxylic acids is 1. The van der Waals surface area contributed by atoms with Crippen LogP contribution >= 0.6 is 11.3 Å². The quantitative estimate of drug-likeness (QED) is 0.576. The van der Waals surface area contributed by atoms with Crippen LogP contribution in [0, 0.1) is 6.92 Å². The molecular weight excluding hydrogens is 374 g/mol. The molecule has 7 nitrogen and oxygen atoms in total. The molecule has 1 aromatic carbocycles. The molecule has 1 atom stereocenters. The lowest BCUT2D eigenvalue weighted by molar-refractivity contribution is -0.116. The van der Waals surface area contributed by atoms with Gasteiger partial charge in [0.1, 0.15) is 11.6 Å². The summed E-state index contributed by atoms with van der Waals surface area (Å²) in [7, 11) is 1.64. The highest BCUT2D eigenvalue weighted by atomic mass is 32.1. The molecule has 0 radical (unpaired) electrons. The zero-order valence-electron chi connectivity index (χ0n) is 15.3. The first kappa shape index (κ1) is 16.9. The molecular formula is C20H17N5O2S. The number of rotatable bonds is 3. The van der Waals surface area contributed by atoms with Crippen LogP contribution in [0.3, 0.4) is 0 Å². The lowest BCUT2D eigenvalue weighted by Crippen LogP contribution is -2.24. The number of carbonyl (C=O) groups is 1. The average molecular weight is 391 g/mol. The number of ether oxygens (including phenoxy) is 1. The number of aromatic nitrogens is 4. The van der Waals surface area contributed by atoms with Crippen LogP contribution in [0.4, 0.5) is 5.82 Å². The second-order valence-corrected chi connectivity index (χ2v) is 7.68. The Morgan fingerprint density at radius 1 is 1.25 bits per heavy atom. The van der Waals surface area contributed by atoms with Crippen molar-refractivity contribution in [2.24, 2.45) is 0 Å². The van der Waals surface area contributed by atoms with Crippen LogP contribution in [0.25, 0.3) is 15.3 Å². The molecule has 0 fully saturated rings. The summed E-state index contributed by atoms with van der Waals surface area (Å²) >= 11 is 1.51. The van der Waals surface area contributed by atoms with Crippen molar-refractivity contribution >= 4 is 33.3 Å². The van der Waals surface area contributed by atoms with Crippen LogP contribution in [-0.2, 0) is 4.79 Å². The number of fused-ring (bicyclic) bond motifs is 2. The third kappa shape index (κ3) is 2.65. The van der Waals surface area contributed by atoms with E-state index in [1.165, 1.54) is 11.3 Å². The Kier molecular flexibility index (Phi) is 3.87. The van der Waals surface area contributed by atoms with Gasteiger partial charge in [-0.05, 0) is 42.8 Å². The first-order valence-electron chi connectivity index (χ1n) is 8.88. The van der Waals surface area contributed by atoms with E-state index >= 15 is 0 Å². The largest absolute Gasteiger partial charge is 0.497 e. The molecule has 140 valence electrons. The van der Waals surface area contributed by atoms with E-state index in [0.29, 0.717) is 17.4 Å². The molecule has 1 N–H and O–H groups in total. The number of anilines is 1. The fraction of sp³-hybridized carbons (Fsp3) is 0.200. The van der Waals surface area contributed by atoms with Crippen molar-refractivity contribution in [3.8, 4) is 10.9 Å². The second kappa shape index (κ2) is 6.42. The summed E-state index contributed by atoms with van der Waals surface area (Å²) in [5, 5.41) is 8.43. The maximum Gasteiger partial charge on any atom is 0.226 e. The molecule has 0 saturated heterocycles. The molecule has 1 amide bonds. The molecule has 0 aliphatic carbocycles. The Morgan fingerprint density at radius 2 is 2.07 bits per heavy atom. The number of benzene rings is 1. The minimum Gasteiger partial charge on any atom is -0.497 e. The minimum absolute atomic E-state index is 0.0294. The second-order valence-electron chi connectivity index (χ2n) is 6.68. The van der Waals surface area contributed by atoms with E-state index in [1.807, 2.05) is 37.3 Å². The monoisotopic (exact) mass is 391 g/mol. The SMILES string of the molecule is COc1ccc2nc(-n3nc(C)c4c3NC(=O)C[C@@H]4c3ccncc3)sc2c1. The third-order valence-electron chi connectivity index (χ3n) is 4.98. The zero-order valence-corrected chi connectivity index (χ0v) is 16.2. The number of methoxy groups -OCH3 is 1. The summed E-state index contributed by atoms with van der Waals surface area (Å²) < 4.78 is 8.05. The number of hydrogen-bond acceptors (Lipinski definition) is 6. The number of amides is 1. The molecule has 8 heteroatoms. The molecule has 3 aromatic heterocycles. The Balaban J connectivity index is 1.66. The minimum atomic E-state index is -0.0463. The normalized spacial score (nSPS) is 16.1. The number of thiazole rings is 1. The van der Waals surface area contributed by atoms with E-state index in [2.05, 4.69) is 10.3 Å². The van der Waals surface area contributed by atoms with E-state index in [4.69, 9.17) is 14.8 Å². The lowest BCUT2D eigenvalue weighted by atomic mass is 9.86. The van der Waals surface area contributed by atoms with Gasteiger partial charge in [0.25, 0.3) is 0 Å². The smallest absolute Gasteiger partial charge is 0.226 e. The van der Waals surface area contributed by atoms with Crippen LogP contribution in [0.5, 0.6) is 5.75 Å². The van der Waals surface area contributed by atoms with Gasteiger partial charge in [-0.3, -0.25) is 9.78 Å². The molecule has 0 saturated carbocycles. The molecule has 1 aliphatic rings. The first-order valence-corrected chi connectivity index (χ1v) is 9.70. The average Bonchev–Trinajstić information content (AvgIpc) is 3.28. The standard InChI is InChI=1S/C20H17N5O2S/c1-11-18-14(12-5-7-21-8-6-12)10-17(26)23-19(18)25(24-11)20-22-15-4-3-13(27-2)9-16(15)28-20/h3-9,14H,10H2,1-2H3,(H,23,26)/t14-/m1/s1. The predicted octanol–water partition coefficient (Wildman–Crippen LogP) is 3.67. The summed E-state index contributed by atoms with van der Waals surface area (Å²) in [5.41, 5.74) is 3.84. The predicted molar refractivity (Wildman–Crippen MR) is 107 cm³/mol. The lowest BCUT2D eigenvalue weighted by Gasteiger charge is -2.23. The zero-order chi connectivity index (χ0) is 19.3. The number of aryl methyl sites for hydroxylation is 1. The summed E-state index contributed by atoms with van der Waals surface area (Å²) in [6, 6.07) is 9.67. The molecule has 0 unspecified atom stereocenters. The van der Waals surface area contributed by atoms with E-state index in [-0.39, 0.29) is 11.8 Å². The highest BCUT2D eigenvalue weighted by Crippen LogP contribution is 2.41. The summed E-state index contributed by atoms with van der Waals surface area (Å²) in [6.45, 7) is 1.97. The molecule has 0 bridgehead atoms. The Hall–Kier alpha value is -3.26. The van der Waals surface area contributed by atoms with Gasteiger partial charge in [0, 0.05) is 30.3 Å². The summed E-state index contributed by atoms with van der Waals surface area (Å²) in [5.74, 6) is 1.40. The van der Waals surface area contributed by atoms with Gasteiger partial charge in [-0.15, -0.1) is 0 Å². The van der Waals surface area contributed by atoms with Crippen molar-refractivity contribution in [3.63, 3.8) is 0 Å². The summed E-state index contributed by atoms with van der Waals surface area (Å²) in [6.07, 6.45) is 3.89. The van der Waals surface area contributed by atoms with E-state index in [9.17, 15) is 4.79 Å². The van der Waals surface area contributed by atoms with Gasteiger partial charge in [-0.2, -0.15) is 9.78 Å². The van der Waals surface area contributed by atoms with E-state index < -0.39 is 0 Å². The van der Waals surface area contributed by atoms with Gasteiger partial charge in [-0.1, -0.05) is 11.3 Å². The van der Waals surface area contributed by atoms with Crippen molar-refractivity contribution in [2.45, 2.75) is 19.3 Å². The van der Waals surface area contributed by atoms with Gasteiger partial charge >= 0.3 is 0 Å². The third-order valence-corrected chi connectivity index (χ3v) is 5.97. The van der Waals surface area contributed by atoms with Crippen LogP contribution in [-0.4, -0.2) is 32.8 Å². The molecule has 4 heterocycles. The van der Waals surface area contributed by atoms with Gasteiger partial charge in [-0.25, -0.2) is 4.98 Å². The highest BCUT2D eigenvalue weighted by molar-refractivity contribution is 7.20. The first-order chi connectivity index (χ1) is 13.6. The molecule has 1 aliphatic heterocycles. The maximum atomic E-state index is 12.5. The van der Waals surface area contributed by atoms with E-state index in [1.54, 1.807) is 24.2 Å². The van der Waals surface area contributed by atoms with Gasteiger partial charge in [0.15, 0.2) is 0 Å². The number of hydrogen-bond donors (Lipinski definition) is 1.